The Bertz CT molecular complexity index is 454. The van der Waals surface area contributed by atoms with Gasteiger partial charge in [0.2, 0.25) is 0 Å². The summed E-state index contributed by atoms with van der Waals surface area (Å²) in [7, 11) is -1.00. The van der Waals surface area contributed by atoms with Crippen molar-refractivity contribution in [2.75, 3.05) is 6.26 Å². The van der Waals surface area contributed by atoms with Crippen LogP contribution in [0.1, 0.15) is 50.4 Å². The summed E-state index contributed by atoms with van der Waals surface area (Å²) in [5.74, 6) is 0.649. The van der Waals surface area contributed by atoms with Crippen molar-refractivity contribution in [3.05, 3.63) is 29.8 Å². The number of benzene rings is 1. The Morgan fingerprint density at radius 3 is 2.25 bits per heavy atom. The van der Waals surface area contributed by atoms with Crippen LogP contribution in [0.3, 0.4) is 0 Å². The molecule has 20 heavy (non-hydrogen) atoms. The van der Waals surface area contributed by atoms with Gasteiger partial charge in [0.15, 0.2) is 0 Å². The van der Waals surface area contributed by atoms with E-state index in [0.717, 1.165) is 17.7 Å². The lowest BCUT2D eigenvalue weighted by Crippen LogP contribution is -2.32. The van der Waals surface area contributed by atoms with Gasteiger partial charge in [-0.3, -0.25) is 9.00 Å². The number of nitrogens with one attached hydrogen (secondary N) is 1. The maximum Gasteiger partial charge on any atom is 0.251 e. The van der Waals surface area contributed by atoms with Crippen LogP contribution in [0.4, 0.5) is 0 Å². The van der Waals surface area contributed by atoms with E-state index < -0.39 is 10.8 Å². The molecule has 0 saturated carbocycles. The van der Waals surface area contributed by atoms with Gasteiger partial charge < -0.3 is 5.32 Å². The number of amides is 1. The average Bonchev–Trinajstić information content (AvgIpc) is 2.38. The van der Waals surface area contributed by atoms with E-state index in [0.29, 0.717) is 11.5 Å². The minimum atomic E-state index is -1.00. The third-order valence-corrected chi connectivity index (χ3v) is 4.18. The van der Waals surface area contributed by atoms with E-state index in [1.807, 2.05) is 6.92 Å². The summed E-state index contributed by atoms with van der Waals surface area (Å²) in [4.78, 5) is 12.8. The molecule has 1 aromatic carbocycles. The van der Waals surface area contributed by atoms with Gasteiger partial charge in [-0.1, -0.05) is 26.7 Å². The van der Waals surface area contributed by atoms with Gasteiger partial charge in [0.05, 0.1) is 0 Å². The Kier molecular flexibility index (Phi) is 6.93. The predicted octanol–water partition coefficient (Wildman–Crippen LogP) is 3.37. The van der Waals surface area contributed by atoms with E-state index in [9.17, 15) is 9.00 Å². The van der Waals surface area contributed by atoms with Gasteiger partial charge in [0, 0.05) is 33.6 Å². The molecule has 1 N–H and O–H groups in total. The smallest absolute Gasteiger partial charge is 0.251 e. The van der Waals surface area contributed by atoms with Crippen LogP contribution in [0.5, 0.6) is 0 Å². The van der Waals surface area contributed by atoms with Gasteiger partial charge >= 0.3 is 0 Å². The monoisotopic (exact) mass is 295 g/mol. The molecule has 1 aromatic rings. The lowest BCUT2D eigenvalue weighted by Gasteiger charge is -2.14. The first-order valence-electron chi connectivity index (χ1n) is 7.14. The highest BCUT2D eigenvalue weighted by molar-refractivity contribution is 7.84. The molecule has 0 aromatic heterocycles. The molecule has 0 fully saturated rings. The molecule has 0 aliphatic carbocycles. The second kappa shape index (κ2) is 8.20. The third-order valence-electron chi connectivity index (χ3n) is 3.24. The molecule has 4 heteroatoms. The quantitative estimate of drug-likeness (QED) is 0.838. The summed E-state index contributed by atoms with van der Waals surface area (Å²) in [5.41, 5.74) is 0.620. The Labute approximate surface area is 124 Å². The summed E-state index contributed by atoms with van der Waals surface area (Å²) >= 11 is 0. The molecule has 0 spiro atoms. The van der Waals surface area contributed by atoms with Crippen LogP contribution < -0.4 is 5.32 Å². The highest BCUT2D eigenvalue weighted by Gasteiger charge is 2.10. The van der Waals surface area contributed by atoms with Crippen molar-refractivity contribution in [3.63, 3.8) is 0 Å². The van der Waals surface area contributed by atoms with Crippen LogP contribution in [0.15, 0.2) is 29.2 Å². The molecular weight excluding hydrogens is 270 g/mol. The lowest BCUT2D eigenvalue weighted by atomic mass is 10.0. The van der Waals surface area contributed by atoms with Crippen LogP contribution in [0, 0.1) is 5.92 Å². The Morgan fingerprint density at radius 2 is 1.75 bits per heavy atom. The summed E-state index contributed by atoms with van der Waals surface area (Å²) in [6, 6.07) is 7.13. The molecule has 0 aliphatic heterocycles. The zero-order chi connectivity index (χ0) is 15.1. The average molecular weight is 295 g/mol. The minimum Gasteiger partial charge on any atom is -0.350 e. The molecule has 2 unspecified atom stereocenters. The van der Waals surface area contributed by atoms with E-state index in [2.05, 4.69) is 19.2 Å². The van der Waals surface area contributed by atoms with E-state index in [1.165, 1.54) is 6.42 Å². The van der Waals surface area contributed by atoms with Gasteiger partial charge in [-0.25, -0.2) is 0 Å². The zero-order valence-corrected chi connectivity index (χ0v) is 13.6. The normalized spacial score (nSPS) is 14.1. The van der Waals surface area contributed by atoms with Crippen molar-refractivity contribution >= 4 is 16.7 Å². The second-order valence-corrected chi connectivity index (χ2v) is 7.06. The van der Waals surface area contributed by atoms with E-state index in [1.54, 1.807) is 30.5 Å². The molecule has 0 radical (unpaired) electrons. The van der Waals surface area contributed by atoms with Crippen molar-refractivity contribution in [2.45, 2.75) is 51.0 Å². The SMILES string of the molecule is CC(C)CCCC(C)NC(=O)c1ccc(S(C)=O)cc1. The Balaban J connectivity index is 2.47. The first-order valence-corrected chi connectivity index (χ1v) is 8.70. The lowest BCUT2D eigenvalue weighted by molar-refractivity contribution is 0.0937. The Morgan fingerprint density at radius 1 is 1.15 bits per heavy atom. The standard InChI is InChI=1S/C16H25NO2S/c1-12(2)6-5-7-13(3)17-16(18)14-8-10-15(11-9-14)20(4)19/h8-13H,5-7H2,1-4H3,(H,17,18). The maximum absolute atomic E-state index is 12.0. The molecule has 0 bridgehead atoms. The molecule has 0 aliphatic rings. The van der Waals surface area contributed by atoms with Gasteiger partial charge in [-0.15, -0.1) is 0 Å². The largest absolute Gasteiger partial charge is 0.350 e. The van der Waals surface area contributed by atoms with Gasteiger partial charge in [-0.05, 0) is 43.5 Å². The van der Waals surface area contributed by atoms with Crippen molar-refractivity contribution in [1.82, 2.24) is 5.32 Å². The van der Waals surface area contributed by atoms with Crippen LogP contribution in [-0.2, 0) is 10.8 Å². The molecule has 112 valence electrons. The summed E-state index contributed by atoms with van der Waals surface area (Å²) in [6.45, 7) is 6.46. The Hall–Kier alpha value is -1.16. The van der Waals surface area contributed by atoms with Crippen molar-refractivity contribution in [1.29, 1.82) is 0 Å². The van der Waals surface area contributed by atoms with Crippen LogP contribution in [0.25, 0.3) is 0 Å². The molecular formula is C16H25NO2S. The van der Waals surface area contributed by atoms with Crippen molar-refractivity contribution in [3.8, 4) is 0 Å². The van der Waals surface area contributed by atoms with E-state index in [4.69, 9.17) is 0 Å². The fourth-order valence-electron chi connectivity index (χ4n) is 2.01. The number of carbonyl (C=O) groups excluding carboxylic acids is 1. The van der Waals surface area contributed by atoms with Crippen LogP contribution in [0.2, 0.25) is 0 Å². The number of carbonyl (C=O) groups is 1. The zero-order valence-electron chi connectivity index (χ0n) is 12.8. The maximum atomic E-state index is 12.0. The van der Waals surface area contributed by atoms with E-state index >= 15 is 0 Å². The fraction of sp³-hybridized carbons (Fsp3) is 0.562. The number of rotatable bonds is 7. The first-order chi connectivity index (χ1) is 9.40. The number of hydrogen-bond acceptors (Lipinski definition) is 2. The summed E-state index contributed by atoms with van der Waals surface area (Å²) in [6.07, 6.45) is 4.96. The van der Waals surface area contributed by atoms with Crippen molar-refractivity contribution in [2.24, 2.45) is 5.92 Å². The van der Waals surface area contributed by atoms with Gasteiger partial charge in [0.1, 0.15) is 0 Å². The summed E-state index contributed by atoms with van der Waals surface area (Å²) in [5, 5.41) is 3.00. The van der Waals surface area contributed by atoms with Crippen LogP contribution in [-0.4, -0.2) is 22.4 Å². The fourth-order valence-corrected chi connectivity index (χ4v) is 2.53. The molecule has 0 heterocycles. The van der Waals surface area contributed by atoms with E-state index in [-0.39, 0.29) is 11.9 Å². The highest BCUT2D eigenvalue weighted by atomic mass is 32.2. The van der Waals surface area contributed by atoms with Gasteiger partial charge in [0.25, 0.3) is 5.91 Å². The second-order valence-electron chi connectivity index (χ2n) is 5.68. The predicted molar refractivity (Wildman–Crippen MR) is 84.4 cm³/mol. The highest BCUT2D eigenvalue weighted by Crippen LogP contribution is 2.10. The van der Waals surface area contributed by atoms with Crippen molar-refractivity contribution < 1.29 is 9.00 Å². The molecule has 1 amide bonds. The molecule has 3 nitrogen and oxygen atoms in total. The number of hydrogen-bond donors (Lipinski definition) is 1. The van der Waals surface area contributed by atoms with Gasteiger partial charge in [-0.2, -0.15) is 0 Å². The first kappa shape index (κ1) is 16.9. The third kappa shape index (κ3) is 5.87. The minimum absolute atomic E-state index is 0.0597. The molecule has 1 rings (SSSR count). The molecule has 0 saturated heterocycles. The van der Waals surface area contributed by atoms with Crippen LogP contribution >= 0.6 is 0 Å². The summed E-state index contributed by atoms with van der Waals surface area (Å²) < 4.78 is 11.3. The molecule has 2 atom stereocenters. The topological polar surface area (TPSA) is 46.2 Å².